The number of rotatable bonds is 3. The number of hydrogen-bond acceptors (Lipinski definition) is 2. The Balaban J connectivity index is 1.84. The minimum Gasteiger partial charge on any atom is -0.366 e. The van der Waals surface area contributed by atoms with Gasteiger partial charge < -0.3 is 10.6 Å². The summed E-state index contributed by atoms with van der Waals surface area (Å²) >= 11 is 0. The lowest BCUT2D eigenvalue weighted by Crippen LogP contribution is -2.21. The molecule has 2 N–H and O–H groups in total. The summed E-state index contributed by atoms with van der Waals surface area (Å²) in [7, 11) is 3.51. The zero-order valence-corrected chi connectivity index (χ0v) is 15.8. The first-order chi connectivity index (χ1) is 13.5. The summed E-state index contributed by atoms with van der Waals surface area (Å²) in [4.78, 5) is 25.7. The van der Waals surface area contributed by atoms with E-state index in [1.165, 1.54) is 0 Å². The second kappa shape index (κ2) is 6.82. The average molecular weight is 368 g/mol. The molecule has 4 nitrogen and oxygen atoms in total. The smallest absolute Gasteiger partial charge is 0.253 e. The van der Waals surface area contributed by atoms with Crippen LogP contribution in [0.3, 0.4) is 0 Å². The first-order valence-electron chi connectivity index (χ1n) is 9.03. The van der Waals surface area contributed by atoms with Crippen molar-refractivity contribution in [1.29, 1.82) is 0 Å². The molecule has 0 radical (unpaired) electrons. The Kier molecular flexibility index (Phi) is 4.32. The van der Waals surface area contributed by atoms with Crippen LogP contribution < -0.4 is 5.73 Å². The fraction of sp³-hybridized carbons (Fsp3) is 0.0833. The highest BCUT2D eigenvalue weighted by Crippen LogP contribution is 2.30. The van der Waals surface area contributed by atoms with E-state index in [4.69, 9.17) is 5.73 Å². The molecule has 4 rings (SSSR count). The van der Waals surface area contributed by atoms with E-state index in [-0.39, 0.29) is 5.91 Å². The van der Waals surface area contributed by atoms with E-state index in [0.717, 1.165) is 32.7 Å². The Hall–Kier alpha value is -3.66. The monoisotopic (exact) mass is 368 g/mol. The molecule has 28 heavy (non-hydrogen) atoms. The van der Waals surface area contributed by atoms with E-state index in [2.05, 4.69) is 12.1 Å². The van der Waals surface area contributed by atoms with Crippen LogP contribution in [0.5, 0.6) is 0 Å². The van der Waals surface area contributed by atoms with E-state index in [9.17, 15) is 9.59 Å². The number of fused-ring (bicyclic) bond motifs is 2. The third-order valence-electron chi connectivity index (χ3n) is 5.00. The quantitative estimate of drug-likeness (QED) is 0.580. The number of nitrogens with two attached hydrogens (primary N) is 1. The molecular weight excluding hydrogens is 348 g/mol. The predicted octanol–water partition coefficient (Wildman–Crippen LogP) is 4.46. The van der Waals surface area contributed by atoms with Crippen LogP contribution in [0.2, 0.25) is 0 Å². The predicted molar refractivity (Wildman–Crippen MR) is 113 cm³/mol. The van der Waals surface area contributed by atoms with E-state index in [1.54, 1.807) is 25.1 Å². The second-order valence-electron chi connectivity index (χ2n) is 7.05. The molecule has 0 aliphatic carbocycles. The van der Waals surface area contributed by atoms with Crippen LogP contribution in [0.25, 0.3) is 32.7 Å². The van der Waals surface area contributed by atoms with Crippen LogP contribution in [0.4, 0.5) is 0 Å². The molecule has 0 saturated heterocycles. The molecule has 0 atom stereocenters. The van der Waals surface area contributed by atoms with Crippen LogP contribution in [0.1, 0.15) is 20.7 Å². The van der Waals surface area contributed by atoms with Gasteiger partial charge in [-0.15, -0.1) is 0 Å². The van der Waals surface area contributed by atoms with Crippen molar-refractivity contribution < 1.29 is 9.59 Å². The number of carbonyl (C=O) groups excluding carboxylic acids is 2. The molecule has 0 aromatic heterocycles. The highest BCUT2D eigenvalue weighted by Gasteiger charge is 2.13. The molecule has 0 spiro atoms. The van der Waals surface area contributed by atoms with Gasteiger partial charge >= 0.3 is 0 Å². The molecule has 4 heteroatoms. The number of benzene rings is 4. The summed E-state index contributed by atoms with van der Waals surface area (Å²) in [5.74, 6) is -0.440. The highest BCUT2D eigenvalue weighted by molar-refractivity contribution is 6.09. The molecule has 0 heterocycles. The topological polar surface area (TPSA) is 63.4 Å². The summed E-state index contributed by atoms with van der Waals surface area (Å²) in [5.41, 5.74) is 8.79. The van der Waals surface area contributed by atoms with Crippen molar-refractivity contribution in [2.24, 2.45) is 5.73 Å². The number of primary amides is 1. The maximum atomic E-state index is 12.4. The van der Waals surface area contributed by atoms with E-state index in [0.29, 0.717) is 11.1 Å². The summed E-state index contributed by atoms with van der Waals surface area (Å²) < 4.78 is 0. The van der Waals surface area contributed by atoms with Gasteiger partial charge in [0.1, 0.15) is 0 Å². The molecular formula is C24H20N2O2. The Bertz CT molecular complexity index is 1240. The molecule has 0 aliphatic rings. The minimum atomic E-state index is -0.429. The Morgan fingerprint density at radius 3 is 1.71 bits per heavy atom. The standard InChI is InChI=1S/C24H20N2O2/c1-26(2)24(28)22-8-4-6-18-14-16(10-12-20(18)22)15-9-11-19-17(13-15)5-3-7-21(19)23(25)27/h3-14H,1-2H3,(H2,25,27). The lowest BCUT2D eigenvalue weighted by molar-refractivity contribution is 0.0829. The molecule has 138 valence electrons. The number of nitrogens with zero attached hydrogens (tertiary/aromatic N) is 1. The lowest BCUT2D eigenvalue weighted by atomic mass is 9.95. The van der Waals surface area contributed by atoms with Crippen molar-refractivity contribution >= 4 is 33.4 Å². The van der Waals surface area contributed by atoms with Gasteiger partial charge in [0.2, 0.25) is 5.91 Å². The van der Waals surface area contributed by atoms with Crippen molar-refractivity contribution in [3.63, 3.8) is 0 Å². The van der Waals surface area contributed by atoms with Gasteiger partial charge in [0.05, 0.1) is 0 Å². The second-order valence-corrected chi connectivity index (χ2v) is 7.05. The van der Waals surface area contributed by atoms with Gasteiger partial charge in [0, 0.05) is 25.2 Å². The molecule has 4 aromatic rings. The Labute approximate surface area is 163 Å². The largest absolute Gasteiger partial charge is 0.366 e. The SMILES string of the molecule is CN(C)C(=O)c1cccc2cc(-c3ccc4c(C(N)=O)cccc4c3)ccc12. The number of hydrogen-bond donors (Lipinski definition) is 1. The summed E-state index contributed by atoms with van der Waals surface area (Å²) in [6.45, 7) is 0. The number of carbonyl (C=O) groups is 2. The fourth-order valence-electron chi connectivity index (χ4n) is 3.57. The molecule has 4 aromatic carbocycles. The molecule has 2 amide bonds. The van der Waals surface area contributed by atoms with Gasteiger partial charge in [0.15, 0.2) is 0 Å². The van der Waals surface area contributed by atoms with Crippen molar-refractivity contribution in [3.8, 4) is 11.1 Å². The minimum absolute atomic E-state index is 0.0111. The van der Waals surface area contributed by atoms with Crippen LogP contribution >= 0.6 is 0 Å². The van der Waals surface area contributed by atoms with Gasteiger partial charge in [0.25, 0.3) is 5.91 Å². The van der Waals surface area contributed by atoms with Crippen LogP contribution in [-0.4, -0.2) is 30.8 Å². The van der Waals surface area contributed by atoms with Crippen molar-refractivity contribution in [2.45, 2.75) is 0 Å². The normalized spacial score (nSPS) is 10.9. The van der Waals surface area contributed by atoms with Crippen LogP contribution in [0.15, 0.2) is 72.8 Å². The summed E-state index contributed by atoms with van der Waals surface area (Å²) in [6.07, 6.45) is 0. The molecule has 0 saturated carbocycles. The summed E-state index contributed by atoms with van der Waals surface area (Å²) in [6, 6.07) is 23.4. The Morgan fingerprint density at radius 2 is 1.21 bits per heavy atom. The fourth-order valence-corrected chi connectivity index (χ4v) is 3.57. The van der Waals surface area contributed by atoms with Crippen molar-refractivity contribution in [3.05, 3.63) is 83.9 Å². The van der Waals surface area contributed by atoms with Crippen molar-refractivity contribution in [1.82, 2.24) is 4.90 Å². The van der Waals surface area contributed by atoms with Gasteiger partial charge in [-0.25, -0.2) is 0 Å². The lowest BCUT2D eigenvalue weighted by Gasteiger charge is -2.13. The Morgan fingerprint density at radius 1 is 0.714 bits per heavy atom. The average Bonchev–Trinajstić information content (AvgIpc) is 2.71. The molecule has 0 fully saturated rings. The third-order valence-corrected chi connectivity index (χ3v) is 5.00. The maximum Gasteiger partial charge on any atom is 0.253 e. The van der Waals surface area contributed by atoms with E-state index in [1.807, 2.05) is 54.6 Å². The van der Waals surface area contributed by atoms with Crippen LogP contribution in [-0.2, 0) is 0 Å². The van der Waals surface area contributed by atoms with Gasteiger partial charge in [-0.3, -0.25) is 9.59 Å². The van der Waals surface area contributed by atoms with Gasteiger partial charge in [-0.2, -0.15) is 0 Å². The third kappa shape index (κ3) is 2.99. The van der Waals surface area contributed by atoms with Crippen LogP contribution in [0, 0.1) is 0 Å². The number of amides is 2. The zero-order chi connectivity index (χ0) is 19.8. The van der Waals surface area contributed by atoms with Gasteiger partial charge in [-0.05, 0) is 56.9 Å². The first kappa shape index (κ1) is 17.7. The zero-order valence-electron chi connectivity index (χ0n) is 15.8. The molecule has 0 bridgehead atoms. The van der Waals surface area contributed by atoms with E-state index >= 15 is 0 Å². The summed E-state index contributed by atoms with van der Waals surface area (Å²) in [5, 5.41) is 3.75. The van der Waals surface area contributed by atoms with E-state index < -0.39 is 5.91 Å². The maximum absolute atomic E-state index is 12.4. The molecule has 0 unspecified atom stereocenters. The highest BCUT2D eigenvalue weighted by atomic mass is 16.2. The first-order valence-corrected chi connectivity index (χ1v) is 9.03. The van der Waals surface area contributed by atoms with Gasteiger partial charge in [-0.1, -0.05) is 48.5 Å². The molecule has 0 aliphatic heterocycles. The van der Waals surface area contributed by atoms with Crippen molar-refractivity contribution in [2.75, 3.05) is 14.1 Å².